The van der Waals surface area contributed by atoms with Crippen molar-refractivity contribution < 1.29 is 18.4 Å². The zero-order valence-electron chi connectivity index (χ0n) is 15.0. The summed E-state index contributed by atoms with van der Waals surface area (Å²) in [7, 11) is 0. The fourth-order valence-electron chi connectivity index (χ4n) is 2.43. The van der Waals surface area contributed by atoms with Gasteiger partial charge in [0.05, 0.1) is 6.04 Å². The Morgan fingerprint density at radius 1 is 1.32 bits per heavy atom. The van der Waals surface area contributed by atoms with Crippen LogP contribution in [0.1, 0.15) is 50.5 Å². The molecule has 0 saturated carbocycles. The average Bonchev–Trinajstić information content (AvgIpc) is 2.91. The largest absolute Gasteiger partial charge is 0.362 e. The molecule has 7 heteroatoms. The first kappa shape index (κ1) is 19.1. The van der Waals surface area contributed by atoms with Gasteiger partial charge in [0.25, 0.3) is 5.89 Å². The zero-order chi connectivity index (χ0) is 18.4. The van der Waals surface area contributed by atoms with Gasteiger partial charge in [0.2, 0.25) is 5.91 Å². The average molecular weight is 349 g/mol. The molecular formula is C18H24FN3O3. The monoisotopic (exact) mass is 349 g/mol. The van der Waals surface area contributed by atoms with E-state index < -0.39 is 0 Å². The van der Waals surface area contributed by atoms with Gasteiger partial charge in [-0.1, -0.05) is 38.1 Å². The van der Waals surface area contributed by atoms with Crippen LogP contribution >= 0.6 is 0 Å². The molecule has 1 N–H and O–H groups in total. The quantitative estimate of drug-likeness (QED) is 0.830. The molecule has 0 unspecified atom stereocenters. The fourth-order valence-corrected chi connectivity index (χ4v) is 2.43. The molecular weight excluding hydrogens is 325 g/mol. The maximum absolute atomic E-state index is 13.2. The number of rotatable bonds is 7. The van der Waals surface area contributed by atoms with E-state index in [0.29, 0.717) is 18.1 Å². The third-order valence-corrected chi connectivity index (χ3v) is 3.45. The molecule has 1 heterocycles. The lowest BCUT2D eigenvalue weighted by atomic mass is 9.85. The minimum atomic E-state index is -0.303. The number of carbonyl (C=O) groups excluding carboxylic acids is 1. The molecule has 2 rings (SSSR count). The van der Waals surface area contributed by atoms with E-state index in [9.17, 15) is 9.18 Å². The zero-order valence-corrected chi connectivity index (χ0v) is 15.0. The SMILES string of the molecule is Cc1noc(COCC(=O)N[C@H](CC(C)(C)C)c2ccc(F)cc2)n1. The van der Waals surface area contributed by atoms with Gasteiger partial charge in [-0.2, -0.15) is 4.98 Å². The summed E-state index contributed by atoms with van der Waals surface area (Å²) in [6, 6.07) is 5.95. The Bertz CT molecular complexity index is 692. The number of ether oxygens (including phenoxy) is 1. The topological polar surface area (TPSA) is 77.2 Å². The highest BCUT2D eigenvalue weighted by molar-refractivity contribution is 5.77. The van der Waals surface area contributed by atoms with Gasteiger partial charge in [-0.15, -0.1) is 0 Å². The van der Waals surface area contributed by atoms with E-state index in [2.05, 4.69) is 36.2 Å². The minimum absolute atomic E-state index is 0.00548. The van der Waals surface area contributed by atoms with Crippen LogP contribution in [0.5, 0.6) is 0 Å². The maximum Gasteiger partial charge on any atom is 0.252 e. The second-order valence-corrected chi connectivity index (χ2v) is 7.16. The minimum Gasteiger partial charge on any atom is -0.362 e. The summed E-state index contributed by atoms with van der Waals surface area (Å²) in [5.41, 5.74) is 0.853. The number of benzene rings is 1. The van der Waals surface area contributed by atoms with E-state index >= 15 is 0 Å². The molecule has 25 heavy (non-hydrogen) atoms. The first-order valence-electron chi connectivity index (χ1n) is 8.15. The van der Waals surface area contributed by atoms with Crippen molar-refractivity contribution in [3.63, 3.8) is 0 Å². The van der Waals surface area contributed by atoms with Crippen LogP contribution in [0.25, 0.3) is 0 Å². The van der Waals surface area contributed by atoms with E-state index in [1.165, 1.54) is 12.1 Å². The Kier molecular flexibility index (Phi) is 6.25. The van der Waals surface area contributed by atoms with Crippen LogP contribution in [0.4, 0.5) is 4.39 Å². The normalized spacial score (nSPS) is 12.8. The molecule has 1 aromatic heterocycles. The van der Waals surface area contributed by atoms with Gasteiger partial charge in [-0.05, 0) is 36.5 Å². The molecule has 0 saturated heterocycles. The molecule has 0 aliphatic carbocycles. The van der Waals surface area contributed by atoms with Gasteiger partial charge in [0.1, 0.15) is 19.0 Å². The lowest BCUT2D eigenvalue weighted by Gasteiger charge is -2.27. The van der Waals surface area contributed by atoms with Crippen LogP contribution in [0.2, 0.25) is 0 Å². The summed E-state index contributed by atoms with van der Waals surface area (Å²) in [5.74, 6) is 0.289. The van der Waals surface area contributed by atoms with Gasteiger partial charge in [-0.3, -0.25) is 4.79 Å². The standard InChI is InChI=1S/C18H24FN3O3/c1-12-20-17(25-22-12)11-24-10-16(23)21-15(9-18(2,3)4)13-5-7-14(19)8-6-13/h5-8,15H,9-11H2,1-4H3,(H,21,23)/t15-/m1/s1. The van der Waals surface area contributed by atoms with Crippen LogP contribution in [-0.2, 0) is 16.1 Å². The van der Waals surface area contributed by atoms with Gasteiger partial charge in [0.15, 0.2) is 5.82 Å². The van der Waals surface area contributed by atoms with Crippen LogP contribution in [-0.4, -0.2) is 22.7 Å². The van der Waals surface area contributed by atoms with Gasteiger partial charge >= 0.3 is 0 Å². The van der Waals surface area contributed by atoms with Crippen LogP contribution in [0, 0.1) is 18.2 Å². The lowest BCUT2D eigenvalue weighted by Crippen LogP contribution is -2.33. The number of amides is 1. The van der Waals surface area contributed by atoms with E-state index in [4.69, 9.17) is 9.26 Å². The van der Waals surface area contributed by atoms with Crippen molar-refractivity contribution >= 4 is 5.91 Å². The highest BCUT2D eigenvalue weighted by atomic mass is 19.1. The Morgan fingerprint density at radius 3 is 2.56 bits per heavy atom. The van der Waals surface area contributed by atoms with Crippen LogP contribution in [0.3, 0.4) is 0 Å². The fraction of sp³-hybridized carbons (Fsp3) is 0.500. The molecule has 0 fully saturated rings. The summed E-state index contributed by atoms with van der Waals surface area (Å²) in [5, 5.41) is 6.60. The van der Waals surface area contributed by atoms with Crippen molar-refractivity contribution in [3.05, 3.63) is 47.4 Å². The number of nitrogens with one attached hydrogen (secondary N) is 1. The predicted octanol–water partition coefficient (Wildman–Crippen LogP) is 3.33. The van der Waals surface area contributed by atoms with Crippen molar-refractivity contribution in [2.75, 3.05) is 6.61 Å². The van der Waals surface area contributed by atoms with Crippen molar-refractivity contribution in [2.45, 2.75) is 46.8 Å². The third kappa shape index (κ3) is 6.62. The van der Waals surface area contributed by atoms with Crippen molar-refractivity contribution in [2.24, 2.45) is 5.41 Å². The molecule has 2 aromatic rings. The number of aryl methyl sites for hydroxylation is 1. The molecule has 0 bridgehead atoms. The molecule has 0 aliphatic rings. The summed E-state index contributed by atoms with van der Waals surface area (Å²) >= 11 is 0. The number of nitrogens with zero attached hydrogens (tertiary/aromatic N) is 2. The van der Waals surface area contributed by atoms with Gasteiger partial charge < -0.3 is 14.6 Å². The molecule has 0 aliphatic heterocycles. The first-order chi connectivity index (χ1) is 11.7. The predicted molar refractivity (Wildman–Crippen MR) is 90.0 cm³/mol. The van der Waals surface area contributed by atoms with Crippen molar-refractivity contribution in [1.82, 2.24) is 15.5 Å². The number of carbonyl (C=O) groups is 1. The first-order valence-corrected chi connectivity index (χ1v) is 8.15. The number of halogens is 1. The maximum atomic E-state index is 13.2. The number of hydrogen-bond donors (Lipinski definition) is 1. The van der Waals surface area contributed by atoms with E-state index in [-0.39, 0.29) is 36.4 Å². The Labute approximate surface area is 146 Å². The Morgan fingerprint density at radius 2 is 2.00 bits per heavy atom. The number of hydrogen-bond acceptors (Lipinski definition) is 5. The smallest absolute Gasteiger partial charge is 0.252 e. The Balaban J connectivity index is 1.93. The molecule has 0 radical (unpaired) electrons. The summed E-state index contributed by atoms with van der Waals surface area (Å²) in [6.07, 6.45) is 0.716. The second-order valence-electron chi connectivity index (χ2n) is 7.16. The van der Waals surface area contributed by atoms with Crippen molar-refractivity contribution in [3.8, 4) is 0 Å². The summed E-state index contributed by atoms with van der Waals surface area (Å²) in [4.78, 5) is 16.2. The van der Waals surface area contributed by atoms with Crippen LogP contribution in [0.15, 0.2) is 28.8 Å². The molecule has 136 valence electrons. The summed E-state index contributed by atoms with van der Waals surface area (Å²) in [6.45, 7) is 7.93. The van der Waals surface area contributed by atoms with Gasteiger partial charge in [0, 0.05) is 0 Å². The van der Waals surface area contributed by atoms with E-state index in [0.717, 1.165) is 5.56 Å². The highest BCUT2D eigenvalue weighted by Crippen LogP contribution is 2.29. The molecule has 1 atom stereocenters. The highest BCUT2D eigenvalue weighted by Gasteiger charge is 2.22. The van der Waals surface area contributed by atoms with Crippen LogP contribution < -0.4 is 5.32 Å². The van der Waals surface area contributed by atoms with Gasteiger partial charge in [-0.25, -0.2) is 4.39 Å². The second kappa shape index (κ2) is 8.20. The lowest BCUT2D eigenvalue weighted by molar-refractivity contribution is -0.127. The van der Waals surface area contributed by atoms with E-state index in [1.807, 2.05) is 0 Å². The third-order valence-electron chi connectivity index (χ3n) is 3.45. The molecule has 0 spiro atoms. The van der Waals surface area contributed by atoms with Crippen molar-refractivity contribution in [1.29, 1.82) is 0 Å². The molecule has 6 nitrogen and oxygen atoms in total. The number of aromatic nitrogens is 2. The van der Waals surface area contributed by atoms with E-state index in [1.54, 1.807) is 19.1 Å². The summed E-state index contributed by atoms with van der Waals surface area (Å²) < 4.78 is 23.4. The Hall–Kier alpha value is -2.28. The molecule has 1 aromatic carbocycles. The molecule has 1 amide bonds.